The molecule has 1 aliphatic carbocycles. The van der Waals surface area contributed by atoms with Gasteiger partial charge in [0.2, 0.25) is 0 Å². The summed E-state index contributed by atoms with van der Waals surface area (Å²) < 4.78 is 0. The molecule has 0 N–H and O–H groups in total. The fraction of sp³-hybridized carbons (Fsp3) is 0.360. The first kappa shape index (κ1) is 21.5. The number of thioether (sulfide) groups is 1. The van der Waals surface area contributed by atoms with Gasteiger partial charge in [-0.25, -0.2) is 0 Å². The van der Waals surface area contributed by atoms with Gasteiger partial charge in [0.1, 0.15) is 0 Å². The Morgan fingerprint density at radius 2 is 1.67 bits per heavy atom. The summed E-state index contributed by atoms with van der Waals surface area (Å²) >= 11 is 4.91. The molecule has 2 aromatic heterocycles. The van der Waals surface area contributed by atoms with Crippen LogP contribution in [-0.2, 0) is 5.75 Å². The van der Waals surface area contributed by atoms with Gasteiger partial charge in [-0.3, -0.25) is 9.59 Å². The molecule has 1 aromatic carbocycles. The van der Waals surface area contributed by atoms with Crippen LogP contribution in [0.15, 0.2) is 59.3 Å². The minimum Gasteiger partial charge on any atom is -0.293 e. The maximum absolute atomic E-state index is 13.5. The van der Waals surface area contributed by atoms with Crippen molar-refractivity contribution in [3.8, 4) is 0 Å². The van der Waals surface area contributed by atoms with Gasteiger partial charge in [-0.1, -0.05) is 48.4 Å². The lowest BCUT2D eigenvalue weighted by Crippen LogP contribution is -2.37. The Balaban J connectivity index is 1.53. The Kier molecular flexibility index (Phi) is 7.24. The number of Topliss-reactive ketones (excluding diaryl/α,β-unsaturated/α-hetero) is 2. The molecular weight excluding hydrogens is 428 g/mol. The van der Waals surface area contributed by atoms with E-state index in [9.17, 15) is 9.59 Å². The van der Waals surface area contributed by atoms with Gasteiger partial charge in [0.05, 0.1) is 9.75 Å². The number of carbonyl (C=O) groups excluding carboxylic acids is 2. The molecule has 1 fully saturated rings. The third kappa shape index (κ3) is 5.13. The molecule has 30 heavy (non-hydrogen) atoms. The summed E-state index contributed by atoms with van der Waals surface area (Å²) in [4.78, 5) is 28.0. The number of ketones is 2. The summed E-state index contributed by atoms with van der Waals surface area (Å²) in [5.74, 6) is 1.36. The molecule has 0 radical (unpaired) electrons. The highest BCUT2D eigenvalue weighted by Gasteiger charge is 2.40. The third-order valence-corrected chi connectivity index (χ3v) is 9.12. The first-order valence-corrected chi connectivity index (χ1v) is 13.2. The lowest BCUT2D eigenvalue weighted by atomic mass is 9.74. The van der Waals surface area contributed by atoms with Gasteiger partial charge in [-0.15, -0.1) is 22.7 Å². The van der Waals surface area contributed by atoms with Crippen LogP contribution in [0.1, 0.15) is 56.2 Å². The molecule has 0 spiro atoms. The first-order chi connectivity index (χ1) is 14.6. The second-order valence-electron chi connectivity index (χ2n) is 8.00. The molecule has 0 saturated heterocycles. The average molecular weight is 455 g/mol. The summed E-state index contributed by atoms with van der Waals surface area (Å²) in [6.45, 7) is 2.10. The van der Waals surface area contributed by atoms with Crippen molar-refractivity contribution < 1.29 is 9.59 Å². The Labute approximate surface area is 190 Å². The molecule has 3 atom stereocenters. The Morgan fingerprint density at radius 3 is 2.33 bits per heavy atom. The Hall–Kier alpha value is -1.69. The standard InChI is InChI=1S/C25H26O2S3/c1-17-9-11-18(12-10-17)16-30-22-6-2-5-19(15-20(26)21-7-3-13-28-21)24(22)25(27)23-8-4-14-29-23/h3-4,7-14,19,22,24H,2,5-6,15-16H2,1H3/t19-,22-,24-/m1/s1. The zero-order chi connectivity index (χ0) is 20.9. The summed E-state index contributed by atoms with van der Waals surface area (Å²) in [5, 5.41) is 4.18. The van der Waals surface area contributed by atoms with Crippen LogP contribution in [0.2, 0.25) is 0 Å². The first-order valence-electron chi connectivity index (χ1n) is 10.4. The molecular formula is C25H26O2S3. The number of rotatable bonds is 8. The van der Waals surface area contributed by atoms with Crippen LogP contribution in [0.4, 0.5) is 0 Å². The zero-order valence-electron chi connectivity index (χ0n) is 17.1. The molecule has 5 heteroatoms. The van der Waals surface area contributed by atoms with E-state index in [1.807, 2.05) is 46.8 Å². The van der Waals surface area contributed by atoms with Crippen LogP contribution in [-0.4, -0.2) is 16.8 Å². The van der Waals surface area contributed by atoms with E-state index in [0.717, 1.165) is 34.8 Å². The van der Waals surface area contributed by atoms with E-state index in [2.05, 4.69) is 31.2 Å². The fourth-order valence-corrected chi connectivity index (χ4v) is 7.16. The summed E-state index contributed by atoms with van der Waals surface area (Å²) in [6.07, 6.45) is 3.56. The van der Waals surface area contributed by atoms with Crippen molar-refractivity contribution in [2.24, 2.45) is 11.8 Å². The number of aryl methyl sites for hydroxylation is 1. The summed E-state index contributed by atoms with van der Waals surface area (Å²) in [7, 11) is 0. The van der Waals surface area contributed by atoms with E-state index < -0.39 is 0 Å². The molecule has 4 rings (SSSR count). The molecule has 2 nitrogen and oxygen atoms in total. The molecule has 1 aliphatic rings. The summed E-state index contributed by atoms with van der Waals surface area (Å²) in [5.41, 5.74) is 2.56. The predicted octanol–water partition coefficient (Wildman–Crippen LogP) is 7.29. The highest BCUT2D eigenvalue weighted by atomic mass is 32.2. The van der Waals surface area contributed by atoms with E-state index in [1.165, 1.54) is 33.8 Å². The van der Waals surface area contributed by atoms with Gasteiger partial charge in [-0.2, -0.15) is 11.8 Å². The van der Waals surface area contributed by atoms with Gasteiger partial charge >= 0.3 is 0 Å². The van der Waals surface area contributed by atoms with Crippen molar-refractivity contribution in [3.05, 3.63) is 80.2 Å². The van der Waals surface area contributed by atoms with Crippen molar-refractivity contribution >= 4 is 46.0 Å². The van der Waals surface area contributed by atoms with Crippen molar-refractivity contribution in [2.45, 2.75) is 43.6 Å². The van der Waals surface area contributed by atoms with Crippen LogP contribution in [0.25, 0.3) is 0 Å². The van der Waals surface area contributed by atoms with Gasteiger partial charge in [-0.05, 0) is 54.1 Å². The van der Waals surface area contributed by atoms with Crippen LogP contribution < -0.4 is 0 Å². The van der Waals surface area contributed by atoms with E-state index >= 15 is 0 Å². The molecule has 2 heterocycles. The second kappa shape index (κ2) is 10.1. The van der Waals surface area contributed by atoms with Gasteiger partial charge < -0.3 is 0 Å². The highest BCUT2D eigenvalue weighted by molar-refractivity contribution is 7.99. The maximum atomic E-state index is 13.5. The lowest BCUT2D eigenvalue weighted by Gasteiger charge is -2.36. The minimum absolute atomic E-state index is 0.0863. The van der Waals surface area contributed by atoms with E-state index in [4.69, 9.17) is 0 Å². The van der Waals surface area contributed by atoms with Crippen LogP contribution in [0.5, 0.6) is 0 Å². The zero-order valence-corrected chi connectivity index (χ0v) is 19.5. The van der Waals surface area contributed by atoms with Crippen LogP contribution in [0.3, 0.4) is 0 Å². The fourth-order valence-electron chi connectivity index (χ4n) is 4.29. The molecule has 1 saturated carbocycles. The lowest BCUT2D eigenvalue weighted by molar-refractivity contribution is 0.0798. The number of benzene rings is 1. The summed E-state index contributed by atoms with van der Waals surface area (Å²) in [6, 6.07) is 16.4. The van der Waals surface area contributed by atoms with Crippen molar-refractivity contribution in [3.63, 3.8) is 0 Å². The smallest absolute Gasteiger partial charge is 0.177 e. The van der Waals surface area contributed by atoms with Crippen LogP contribution in [0, 0.1) is 18.8 Å². The maximum Gasteiger partial charge on any atom is 0.177 e. The van der Waals surface area contributed by atoms with Crippen LogP contribution >= 0.6 is 34.4 Å². The molecule has 0 bridgehead atoms. The van der Waals surface area contributed by atoms with E-state index in [-0.39, 0.29) is 28.7 Å². The Morgan fingerprint density at radius 1 is 0.967 bits per heavy atom. The topological polar surface area (TPSA) is 34.1 Å². The molecule has 0 unspecified atom stereocenters. The molecule has 3 aromatic rings. The molecule has 0 amide bonds. The van der Waals surface area contributed by atoms with Gasteiger partial charge in [0, 0.05) is 23.3 Å². The second-order valence-corrected chi connectivity index (χ2v) is 11.1. The number of thiophene rings is 2. The quantitative estimate of drug-likeness (QED) is 0.335. The minimum atomic E-state index is -0.0863. The van der Waals surface area contributed by atoms with Crippen molar-refractivity contribution in [1.82, 2.24) is 0 Å². The predicted molar refractivity (Wildman–Crippen MR) is 129 cm³/mol. The normalized spacial score (nSPS) is 21.4. The number of carbonyl (C=O) groups is 2. The Bertz CT molecular complexity index is 959. The van der Waals surface area contributed by atoms with Crippen molar-refractivity contribution in [1.29, 1.82) is 0 Å². The molecule has 156 valence electrons. The monoisotopic (exact) mass is 454 g/mol. The molecule has 0 aliphatic heterocycles. The third-order valence-electron chi connectivity index (χ3n) is 5.87. The average Bonchev–Trinajstić information content (AvgIpc) is 3.47. The number of hydrogen-bond acceptors (Lipinski definition) is 5. The number of hydrogen-bond donors (Lipinski definition) is 0. The SMILES string of the molecule is Cc1ccc(CS[C@@H]2CCC[C@H](CC(=O)c3cccs3)[C@H]2C(=O)c2cccs2)cc1. The van der Waals surface area contributed by atoms with Gasteiger partial charge in [0.25, 0.3) is 0 Å². The highest BCUT2D eigenvalue weighted by Crippen LogP contribution is 2.43. The van der Waals surface area contributed by atoms with E-state index in [1.54, 1.807) is 0 Å². The van der Waals surface area contributed by atoms with Crippen molar-refractivity contribution in [2.75, 3.05) is 0 Å². The van der Waals surface area contributed by atoms with Gasteiger partial charge in [0.15, 0.2) is 11.6 Å². The van der Waals surface area contributed by atoms with E-state index in [0.29, 0.717) is 6.42 Å². The largest absolute Gasteiger partial charge is 0.293 e.